The Bertz CT molecular complexity index is 130. The van der Waals surface area contributed by atoms with Crippen LogP contribution >= 0.6 is 0 Å². The van der Waals surface area contributed by atoms with Crippen molar-refractivity contribution in [2.75, 3.05) is 65.4 Å². The maximum atomic E-state index is 5.45. The van der Waals surface area contributed by atoms with E-state index in [1.807, 2.05) is 0 Å². The summed E-state index contributed by atoms with van der Waals surface area (Å²) in [6.07, 6.45) is 0. The highest BCUT2D eigenvalue weighted by Gasteiger charge is 1.98. The SMILES string of the molecule is CCN(CCN)CCNCCN.CCNCCN. The highest BCUT2D eigenvalue weighted by Crippen LogP contribution is 1.83. The first-order valence-corrected chi connectivity index (χ1v) is 7.00. The lowest BCUT2D eigenvalue weighted by atomic mass is 10.4. The van der Waals surface area contributed by atoms with E-state index in [-0.39, 0.29) is 0 Å². The van der Waals surface area contributed by atoms with E-state index in [0.29, 0.717) is 6.54 Å². The fourth-order valence-corrected chi connectivity index (χ4v) is 1.35. The topological polar surface area (TPSA) is 105 Å². The molecule has 0 bridgehead atoms. The van der Waals surface area contributed by atoms with Crippen molar-refractivity contribution in [2.45, 2.75) is 13.8 Å². The van der Waals surface area contributed by atoms with E-state index in [2.05, 4.69) is 29.4 Å². The Labute approximate surface area is 113 Å². The predicted octanol–water partition coefficient (Wildman–Crippen LogP) is -1.63. The van der Waals surface area contributed by atoms with Gasteiger partial charge in [0.2, 0.25) is 0 Å². The van der Waals surface area contributed by atoms with E-state index in [4.69, 9.17) is 17.2 Å². The minimum absolute atomic E-state index is 0.711. The molecule has 0 aliphatic rings. The molecule has 8 N–H and O–H groups in total. The molecular weight excluding hydrogens is 228 g/mol. The van der Waals surface area contributed by atoms with E-state index in [0.717, 1.165) is 58.9 Å². The van der Waals surface area contributed by atoms with Crippen molar-refractivity contribution < 1.29 is 0 Å². The zero-order valence-electron chi connectivity index (χ0n) is 12.3. The van der Waals surface area contributed by atoms with Crippen LogP contribution in [0.2, 0.25) is 0 Å². The number of likely N-dealkylation sites (N-methyl/N-ethyl adjacent to an activating group) is 2. The maximum Gasteiger partial charge on any atom is 0.0107 e. The summed E-state index contributed by atoms with van der Waals surface area (Å²) in [6, 6.07) is 0. The van der Waals surface area contributed by atoms with Crippen LogP contribution in [0.25, 0.3) is 0 Å². The minimum Gasteiger partial charge on any atom is -0.329 e. The summed E-state index contributed by atoms with van der Waals surface area (Å²) in [7, 11) is 0. The van der Waals surface area contributed by atoms with Crippen molar-refractivity contribution in [2.24, 2.45) is 17.2 Å². The minimum atomic E-state index is 0.711. The Kier molecular flexibility index (Phi) is 21.3. The van der Waals surface area contributed by atoms with E-state index in [1.165, 1.54) is 0 Å². The van der Waals surface area contributed by atoms with Gasteiger partial charge in [0.15, 0.2) is 0 Å². The quantitative estimate of drug-likeness (QED) is 0.286. The lowest BCUT2D eigenvalue weighted by Gasteiger charge is -2.19. The average molecular weight is 262 g/mol. The number of nitrogens with two attached hydrogens (primary N) is 3. The number of nitrogens with one attached hydrogen (secondary N) is 2. The second-order valence-corrected chi connectivity index (χ2v) is 3.90. The van der Waals surface area contributed by atoms with Crippen LogP contribution in [-0.4, -0.2) is 70.3 Å². The van der Waals surface area contributed by atoms with Gasteiger partial charge < -0.3 is 32.7 Å². The van der Waals surface area contributed by atoms with Crippen LogP contribution in [0.15, 0.2) is 0 Å². The second-order valence-electron chi connectivity index (χ2n) is 3.90. The van der Waals surface area contributed by atoms with Gasteiger partial charge in [0, 0.05) is 52.4 Å². The summed E-state index contributed by atoms with van der Waals surface area (Å²) in [5, 5.41) is 6.32. The molecule has 0 saturated carbocycles. The third kappa shape index (κ3) is 18.1. The standard InChI is InChI=1S/C8H22N4.C4H12N2/c1-2-12(7-4-10)8-6-11-5-3-9;1-2-6-4-3-5/h11H,2-10H2,1H3;6H,2-5H2,1H3. The van der Waals surface area contributed by atoms with Crippen molar-refractivity contribution in [1.29, 1.82) is 0 Å². The van der Waals surface area contributed by atoms with Gasteiger partial charge >= 0.3 is 0 Å². The lowest BCUT2D eigenvalue weighted by molar-refractivity contribution is 0.295. The highest BCUT2D eigenvalue weighted by molar-refractivity contribution is 4.58. The van der Waals surface area contributed by atoms with E-state index < -0.39 is 0 Å². The molecule has 0 spiro atoms. The van der Waals surface area contributed by atoms with Crippen molar-refractivity contribution in [3.63, 3.8) is 0 Å². The van der Waals surface area contributed by atoms with Gasteiger partial charge in [0.25, 0.3) is 0 Å². The Balaban J connectivity index is 0. The number of nitrogens with zero attached hydrogens (tertiary/aromatic N) is 1. The molecule has 0 saturated heterocycles. The molecule has 18 heavy (non-hydrogen) atoms. The van der Waals surface area contributed by atoms with Gasteiger partial charge in [0.05, 0.1) is 0 Å². The van der Waals surface area contributed by atoms with E-state index >= 15 is 0 Å². The van der Waals surface area contributed by atoms with Gasteiger partial charge in [-0.2, -0.15) is 0 Å². The van der Waals surface area contributed by atoms with Gasteiger partial charge in [-0.05, 0) is 13.1 Å². The van der Waals surface area contributed by atoms with Gasteiger partial charge in [-0.15, -0.1) is 0 Å². The largest absolute Gasteiger partial charge is 0.329 e. The summed E-state index contributed by atoms with van der Waals surface area (Å²) >= 11 is 0. The molecule has 0 fully saturated rings. The molecule has 0 amide bonds. The molecule has 0 atom stereocenters. The predicted molar refractivity (Wildman–Crippen MR) is 80.7 cm³/mol. The molecular formula is C12H34N6. The maximum absolute atomic E-state index is 5.45. The number of hydrogen-bond acceptors (Lipinski definition) is 6. The first kappa shape index (κ1) is 20.1. The zero-order chi connectivity index (χ0) is 14.1. The van der Waals surface area contributed by atoms with Gasteiger partial charge in [-0.1, -0.05) is 13.8 Å². The highest BCUT2D eigenvalue weighted by atomic mass is 15.1. The summed E-state index contributed by atoms with van der Waals surface area (Å²) < 4.78 is 0. The monoisotopic (exact) mass is 262 g/mol. The van der Waals surface area contributed by atoms with Gasteiger partial charge in [-0.25, -0.2) is 0 Å². The fourth-order valence-electron chi connectivity index (χ4n) is 1.35. The Morgan fingerprint density at radius 2 is 1.39 bits per heavy atom. The van der Waals surface area contributed by atoms with Crippen molar-refractivity contribution in [3.05, 3.63) is 0 Å². The smallest absolute Gasteiger partial charge is 0.0107 e. The first-order chi connectivity index (χ1) is 8.76. The molecule has 0 aromatic heterocycles. The molecule has 6 heteroatoms. The van der Waals surface area contributed by atoms with Crippen LogP contribution in [0.5, 0.6) is 0 Å². The van der Waals surface area contributed by atoms with Crippen LogP contribution in [0.4, 0.5) is 0 Å². The van der Waals surface area contributed by atoms with Crippen molar-refractivity contribution in [1.82, 2.24) is 15.5 Å². The summed E-state index contributed by atoms with van der Waals surface area (Å²) in [6.45, 7) is 13.4. The number of rotatable bonds is 11. The van der Waals surface area contributed by atoms with Crippen LogP contribution in [-0.2, 0) is 0 Å². The molecule has 0 aliphatic carbocycles. The summed E-state index contributed by atoms with van der Waals surface area (Å²) in [4.78, 5) is 2.32. The summed E-state index contributed by atoms with van der Waals surface area (Å²) in [5.41, 5.74) is 15.9. The Morgan fingerprint density at radius 3 is 1.78 bits per heavy atom. The molecule has 0 aromatic rings. The molecule has 6 nitrogen and oxygen atoms in total. The molecule has 0 heterocycles. The fraction of sp³-hybridized carbons (Fsp3) is 1.00. The van der Waals surface area contributed by atoms with Crippen molar-refractivity contribution in [3.8, 4) is 0 Å². The van der Waals surface area contributed by atoms with E-state index in [1.54, 1.807) is 0 Å². The third-order valence-electron chi connectivity index (χ3n) is 2.39. The molecule has 0 aliphatic heterocycles. The average Bonchev–Trinajstić information content (AvgIpc) is 2.40. The normalized spacial score (nSPS) is 10.3. The van der Waals surface area contributed by atoms with Crippen LogP contribution < -0.4 is 27.8 Å². The van der Waals surface area contributed by atoms with E-state index in [9.17, 15) is 0 Å². The van der Waals surface area contributed by atoms with Crippen LogP contribution in [0.1, 0.15) is 13.8 Å². The molecule has 0 radical (unpaired) electrons. The zero-order valence-corrected chi connectivity index (χ0v) is 12.3. The second kappa shape index (κ2) is 19.1. The molecule has 0 unspecified atom stereocenters. The first-order valence-electron chi connectivity index (χ1n) is 7.00. The lowest BCUT2D eigenvalue weighted by Crippen LogP contribution is -2.36. The van der Waals surface area contributed by atoms with Gasteiger partial charge in [-0.3, -0.25) is 0 Å². The molecule has 112 valence electrons. The third-order valence-corrected chi connectivity index (χ3v) is 2.39. The summed E-state index contributed by atoms with van der Waals surface area (Å²) in [5.74, 6) is 0. The number of hydrogen-bond donors (Lipinski definition) is 5. The molecule has 0 rings (SSSR count). The van der Waals surface area contributed by atoms with Crippen molar-refractivity contribution >= 4 is 0 Å². The molecule has 0 aromatic carbocycles. The Morgan fingerprint density at radius 1 is 0.778 bits per heavy atom. The van der Waals surface area contributed by atoms with Gasteiger partial charge in [0.1, 0.15) is 0 Å². The van der Waals surface area contributed by atoms with Crippen LogP contribution in [0.3, 0.4) is 0 Å². The van der Waals surface area contributed by atoms with Crippen LogP contribution in [0, 0.1) is 0 Å². The Hall–Kier alpha value is -0.240.